The monoisotopic (exact) mass is 250 g/mol. The largest absolute Gasteiger partial charge is 0.326 e. The predicted molar refractivity (Wildman–Crippen MR) is 72.4 cm³/mol. The third-order valence-corrected chi connectivity index (χ3v) is 4.17. The summed E-state index contributed by atoms with van der Waals surface area (Å²) in [7, 11) is 0. The SMILES string of the molecule is CCC(N)CN1C(=O)C(C)Sc2ccccc21. The minimum absolute atomic E-state index is 0.0195. The van der Waals surface area contributed by atoms with Gasteiger partial charge in [0.15, 0.2) is 0 Å². The first kappa shape index (κ1) is 12.5. The van der Waals surface area contributed by atoms with E-state index >= 15 is 0 Å². The van der Waals surface area contributed by atoms with Crippen molar-refractivity contribution in [2.75, 3.05) is 11.4 Å². The Morgan fingerprint density at radius 2 is 2.18 bits per heavy atom. The lowest BCUT2D eigenvalue weighted by atomic mass is 10.2. The van der Waals surface area contributed by atoms with Gasteiger partial charge in [0.25, 0.3) is 0 Å². The van der Waals surface area contributed by atoms with Gasteiger partial charge in [-0.15, -0.1) is 11.8 Å². The number of para-hydroxylation sites is 1. The molecule has 1 aliphatic heterocycles. The number of carbonyl (C=O) groups is 1. The van der Waals surface area contributed by atoms with Crippen molar-refractivity contribution in [3.63, 3.8) is 0 Å². The third-order valence-electron chi connectivity index (χ3n) is 3.02. The summed E-state index contributed by atoms with van der Waals surface area (Å²) in [5, 5.41) is -0.0195. The zero-order chi connectivity index (χ0) is 12.4. The fraction of sp³-hybridized carbons (Fsp3) is 0.462. The number of anilines is 1. The Balaban J connectivity index is 2.32. The molecule has 1 aromatic rings. The molecule has 0 aromatic heterocycles. The number of nitrogens with zero attached hydrogens (tertiary/aromatic N) is 1. The summed E-state index contributed by atoms with van der Waals surface area (Å²) in [6, 6.07) is 8.07. The third kappa shape index (κ3) is 2.48. The number of nitrogens with two attached hydrogens (primary N) is 1. The molecule has 4 heteroatoms. The number of benzene rings is 1. The molecule has 92 valence electrons. The lowest BCUT2D eigenvalue weighted by molar-refractivity contribution is -0.118. The molecule has 2 rings (SSSR count). The second-order valence-electron chi connectivity index (χ2n) is 4.34. The second-order valence-corrected chi connectivity index (χ2v) is 5.73. The highest BCUT2D eigenvalue weighted by molar-refractivity contribution is 8.00. The Labute approximate surface area is 106 Å². The summed E-state index contributed by atoms with van der Waals surface area (Å²) in [5.74, 6) is 0.164. The smallest absolute Gasteiger partial charge is 0.240 e. The molecule has 3 nitrogen and oxygen atoms in total. The first-order valence-corrected chi connectivity index (χ1v) is 6.84. The molecule has 0 spiro atoms. The molecular formula is C13H18N2OS. The van der Waals surface area contributed by atoms with E-state index in [0.29, 0.717) is 6.54 Å². The fourth-order valence-corrected chi connectivity index (χ4v) is 2.98. The molecule has 2 atom stereocenters. The first-order chi connectivity index (χ1) is 8.13. The van der Waals surface area contributed by atoms with Crippen LogP contribution >= 0.6 is 11.8 Å². The van der Waals surface area contributed by atoms with E-state index in [-0.39, 0.29) is 17.2 Å². The number of amides is 1. The van der Waals surface area contributed by atoms with Crippen molar-refractivity contribution >= 4 is 23.4 Å². The van der Waals surface area contributed by atoms with Crippen LogP contribution in [0, 0.1) is 0 Å². The van der Waals surface area contributed by atoms with E-state index in [1.807, 2.05) is 36.9 Å². The molecule has 17 heavy (non-hydrogen) atoms. The van der Waals surface area contributed by atoms with Crippen molar-refractivity contribution in [1.29, 1.82) is 0 Å². The average molecular weight is 250 g/mol. The standard InChI is InChI=1S/C13H18N2OS/c1-3-10(14)8-15-11-6-4-5-7-12(11)17-9(2)13(15)16/h4-7,9-10H,3,8,14H2,1-2H3. The van der Waals surface area contributed by atoms with Crippen LogP contribution in [0.15, 0.2) is 29.2 Å². The summed E-state index contributed by atoms with van der Waals surface area (Å²) in [6.07, 6.45) is 0.882. The molecule has 1 amide bonds. The molecule has 0 saturated carbocycles. The van der Waals surface area contributed by atoms with E-state index in [4.69, 9.17) is 5.73 Å². The first-order valence-electron chi connectivity index (χ1n) is 5.96. The van der Waals surface area contributed by atoms with Gasteiger partial charge in [-0.05, 0) is 25.5 Å². The van der Waals surface area contributed by atoms with Gasteiger partial charge in [-0.2, -0.15) is 0 Å². The van der Waals surface area contributed by atoms with Crippen molar-refractivity contribution < 1.29 is 4.79 Å². The summed E-state index contributed by atoms with van der Waals surface area (Å²) in [5.41, 5.74) is 6.97. The van der Waals surface area contributed by atoms with Crippen LogP contribution in [0.5, 0.6) is 0 Å². The van der Waals surface area contributed by atoms with Gasteiger partial charge >= 0.3 is 0 Å². The molecule has 0 radical (unpaired) electrons. The van der Waals surface area contributed by atoms with Gasteiger partial charge in [0, 0.05) is 17.5 Å². The van der Waals surface area contributed by atoms with Crippen LogP contribution in [0.3, 0.4) is 0 Å². The fourth-order valence-electron chi connectivity index (χ4n) is 1.91. The van der Waals surface area contributed by atoms with Crippen LogP contribution in [-0.4, -0.2) is 23.7 Å². The maximum Gasteiger partial charge on any atom is 0.240 e. The molecule has 1 heterocycles. The van der Waals surface area contributed by atoms with E-state index in [1.54, 1.807) is 11.8 Å². The number of hydrogen-bond donors (Lipinski definition) is 1. The summed E-state index contributed by atoms with van der Waals surface area (Å²) < 4.78 is 0. The summed E-state index contributed by atoms with van der Waals surface area (Å²) in [4.78, 5) is 15.2. The van der Waals surface area contributed by atoms with Crippen molar-refractivity contribution in [1.82, 2.24) is 0 Å². The Hall–Kier alpha value is -1.00. The van der Waals surface area contributed by atoms with Gasteiger partial charge in [-0.1, -0.05) is 19.1 Å². The van der Waals surface area contributed by atoms with Crippen molar-refractivity contribution in [2.45, 2.75) is 36.5 Å². The predicted octanol–water partition coefficient (Wildman–Crippen LogP) is 2.25. The minimum atomic E-state index is -0.0195. The molecule has 0 fully saturated rings. The molecule has 0 bridgehead atoms. The van der Waals surface area contributed by atoms with Crippen LogP contribution < -0.4 is 10.6 Å². The Kier molecular flexibility index (Phi) is 3.74. The lowest BCUT2D eigenvalue weighted by Crippen LogP contribution is -2.46. The van der Waals surface area contributed by atoms with Crippen LogP contribution in [0.25, 0.3) is 0 Å². The maximum absolute atomic E-state index is 12.2. The molecule has 1 aromatic carbocycles. The highest BCUT2D eigenvalue weighted by Crippen LogP contribution is 2.38. The highest BCUT2D eigenvalue weighted by Gasteiger charge is 2.30. The maximum atomic E-state index is 12.2. The van der Waals surface area contributed by atoms with Crippen LogP contribution in [0.2, 0.25) is 0 Å². The van der Waals surface area contributed by atoms with E-state index < -0.39 is 0 Å². The lowest BCUT2D eigenvalue weighted by Gasteiger charge is -2.33. The second kappa shape index (κ2) is 5.10. The van der Waals surface area contributed by atoms with Crippen molar-refractivity contribution in [3.05, 3.63) is 24.3 Å². The van der Waals surface area contributed by atoms with Gasteiger partial charge in [-0.25, -0.2) is 0 Å². The zero-order valence-electron chi connectivity index (χ0n) is 10.2. The van der Waals surface area contributed by atoms with E-state index in [2.05, 4.69) is 6.07 Å². The molecule has 1 aliphatic rings. The summed E-state index contributed by atoms with van der Waals surface area (Å²) in [6.45, 7) is 4.60. The molecule has 0 saturated heterocycles. The minimum Gasteiger partial charge on any atom is -0.326 e. The van der Waals surface area contributed by atoms with Crippen LogP contribution in [0.4, 0.5) is 5.69 Å². The molecular weight excluding hydrogens is 232 g/mol. The number of thioether (sulfide) groups is 1. The molecule has 2 N–H and O–H groups in total. The van der Waals surface area contributed by atoms with Gasteiger partial charge in [0.1, 0.15) is 0 Å². The number of carbonyl (C=O) groups excluding carboxylic acids is 1. The van der Waals surface area contributed by atoms with Gasteiger partial charge in [0.05, 0.1) is 10.9 Å². The quantitative estimate of drug-likeness (QED) is 0.895. The topological polar surface area (TPSA) is 46.3 Å². The van der Waals surface area contributed by atoms with Gasteiger partial charge in [-0.3, -0.25) is 4.79 Å². The Morgan fingerprint density at radius 1 is 1.47 bits per heavy atom. The highest BCUT2D eigenvalue weighted by atomic mass is 32.2. The van der Waals surface area contributed by atoms with Gasteiger partial charge < -0.3 is 10.6 Å². The number of fused-ring (bicyclic) bond motifs is 1. The van der Waals surface area contributed by atoms with E-state index in [0.717, 1.165) is 12.1 Å². The number of hydrogen-bond acceptors (Lipinski definition) is 3. The zero-order valence-corrected chi connectivity index (χ0v) is 11.0. The number of rotatable bonds is 3. The Morgan fingerprint density at radius 3 is 2.88 bits per heavy atom. The van der Waals surface area contributed by atoms with Gasteiger partial charge in [0.2, 0.25) is 5.91 Å². The Bertz CT molecular complexity index is 422. The van der Waals surface area contributed by atoms with E-state index in [9.17, 15) is 4.79 Å². The van der Waals surface area contributed by atoms with Crippen molar-refractivity contribution in [2.24, 2.45) is 5.73 Å². The summed E-state index contributed by atoms with van der Waals surface area (Å²) >= 11 is 1.63. The van der Waals surface area contributed by atoms with Crippen molar-refractivity contribution in [3.8, 4) is 0 Å². The molecule has 0 aliphatic carbocycles. The normalized spacial score (nSPS) is 21.2. The van der Waals surface area contributed by atoms with E-state index in [1.165, 1.54) is 4.90 Å². The molecule has 2 unspecified atom stereocenters. The average Bonchev–Trinajstić information content (AvgIpc) is 2.34. The van der Waals surface area contributed by atoms with Crippen LogP contribution in [0.1, 0.15) is 20.3 Å². The van der Waals surface area contributed by atoms with Crippen LogP contribution in [-0.2, 0) is 4.79 Å².